The van der Waals surface area contributed by atoms with Gasteiger partial charge in [0.05, 0.1) is 30.7 Å². The molecule has 2 fully saturated rings. The highest BCUT2D eigenvalue weighted by molar-refractivity contribution is 7.09. The first-order valence-corrected chi connectivity index (χ1v) is 12.8. The summed E-state index contributed by atoms with van der Waals surface area (Å²) < 4.78 is 1.53. The molecule has 1 aromatic carbocycles. The zero-order valence-electron chi connectivity index (χ0n) is 19.2. The highest BCUT2D eigenvalue weighted by atomic mass is 32.1. The van der Waals surface area contributed by atoms with E-state index in [9.17, 15) is 14.7 Å². The second kappa shape index (κ2) is 9.35. The maximum Gasteiger partial charge on any atom is 0.317 e. The largest absolute Gasteiger partial charge is 0.387 e. The van der Waals surface area contributed by atoms with Crippen LogP contribution in [0.4, 0.5) is 4.79 Å². The van der Waals surface area contributed by atoms with E-state index in [-0.39, 0.29) is 18.1 Å². The fraction of sp³-hybridized carbons (Fsp3) is 0.423. The summed E-state index contributed by atoms with van der Waals surface area (Å²) in [5.74, 6) is 0. The maximum absolute atomic E-state index is 12.9. The standard InChI is InChI=1S/C26H30N4O3S/c31-23-15-22(20-7-2-1-3-8-20)28-19-30(23)18-26(33)12-13-29(17-25(26)10-4-5-11-25)24(32)27-16-21-9-6-14-34-21/h1-3,6-9,14-15,19,33H,4-5,10-13,16-18H2,(H,27,32)/t26-/m1/s1. The van der Waals surface area contributed by atoms with E-state index in [2.05, 4.69) is 10.3 Å². The van der Waals surface area contributed by atoms with Crippen LogP contribution in [0.3, 0.4) is 0 Å². The molecule has 34 heavy (non-hydrogen) atoms. The second-order valence-corrected chi connectivity index (χ2v) is 10.6. The fourth-order valence-corrected chi connectivity index (χ4v) is 6.20. The molecule has 1 aliphatic carbocycles. The molecule has 1 spiro atoms. The lowest BCUT2D eigenvalue weighted by Crippen LogP contribution is -2.63. The number of benzene rings is 1. The SMILES string of the molecule is O=C(NCc1cccs1)N1CC[C@@](O)(Cn2cnc(-c3ccccc3)cc2=O)C2(CCCC2)C1. The van der Waals surface area contributed by atoms with Crippen molar-refractivity contribution in [3.05, 3.63) is 75.5 Å². The summed E-state index contributed by atoms with van der Waals surface area (Å²) in [6, 6.07) is 15.0. The molecule has 0 radical (unpaired) electrons. The van der Waals surface area contributed by atoms with Crippen molar-refractivity contribution < 1.29 is 9.90 Å². The molecular formula is C26H30N4O3S. The summed E-state index contributed by atoms with van der Waals surface area (Å²) in [5.41, 5.74) is -0.135. The van der Waals surface area contributed by atoms with Gasteiger partial charge in [-0.1, -0.05) is 49.2 Å². The van der Waals surface area contributed by atoms with Crippen LogP contribution >= 0.6 is 11.3 Å². The molecule has 5 rings (SSSR count). The number of hydrogen-bond donors (Lipinski definition) is 2. The third kappa shape index (κ3) is 4.40. The van der Waals surface area contributed by atoms with Crippen LogP contribution in [-0.4, -0.2) is 44.3 Å². The number of nitrogens with zero attached hydrogens (tertiary/aromatic N) is 3. The molecule has 178 valence electrons. The Morgan fingerprint density at radius 1 is 1.12 bits per heavy atom. The van der Waals surface area contributed by atoms with Crippen LogP contribution in [0.15, 0.2) is 65.0 Å². The molecule has 2 aliphatic rings. The van der Waals surface area contributed by atoms with Gasteiger partial charge in [-0.25, -0.2) is 9.78 Å². The van der Waals surface area contributed by atoms with Crippen molar-refractivity contribution in [3.63, 3.8) is 0 Å². The number of rotatable bonds is 5. The number of aromatic nitrogens is 2. The van der Waals surface area contributed by atoms with Gasteiger partial charge in [0.15, 0.2) is 0 Å². The van der Waals surface area contributed by atoms with Gasteiger partial charge in [0.25, 0.3) is 5.56 Å². The number of thiophene rings is 1. The van der Waals surface area contributed by atoms with Gasteiger partial charge in [0.2, 0.25) is 0 Å². The third-order valence-corrected chi connectivity index (χ3v) is 8.38. The molecule has 1 saturated carbocycles. The van der Waals surface area contributed by atoms with Crippen LogP contribution in [0.25, 0.3) is 11.3 Å². The minimum absolute atomic E-state index is 0.0900. The predicted molar refractivity (Wildman–Crippen MR) is 133 cm³/mol. The molecule has 1 saturated heterocycles. The second-order valence-electron chi connectivity index (χ2n) is 9.53. The molecule has 3 heterocycles. The zero-order chi connectivity index (χ0) is 23.6. The van der Waals surface area contributed by atoms with E-state index in [1.807, 2.05) is 52.7 Å². The van der Waals surface area contributed by atoms with E-state index < -0.39 is 11.0 Å². The van der Waals surface area contributed by atoms with E-state index >= 15 is 0 Å². The number of aliphatic hydroxyl groups is 1. The Balaban J connectivity index is 1.32. The first-order valence-electron chi connectivity index (χ1n) is 11.9. The van der Waals surface area contributed by atoms with Crippen LogP contribution in [0.5, 0.6) is 0 Å². The molecule has 7 nitrogen and oxygen atoms in total. The normalized spacial score (nSPS) is 21.6. The van der Waals surface area contributed by atoms with Gasteiger partial charge in [0.1, 0.15) is 0 Å². The lowest BCUT2D eigenvalue weighted by molar-refractivity contribution is -0.135. The third-order valence-electron chi connectivity index (χ3n) is 7.50. The van der Waals surface area contributed by atoms with Crippen molar-refractivity contribution >= 4 is 17.4 Å². The van der Waals surface area contributed by atoms with Gasteiger partial charge >= 0.3 is 6.03 Å². The summed E-state index contributed by atoms with van der Waals surface area (Å²) in [6.07, 6.45) is 5.72. The van der Waals surface area contributed by atoms with Crippen molar-refractivity contribution in [3.8, 4) is 11.3 Å². The lowest BCUT2D eigenvalue weighted by atomic mass is 9.66. The molecule has 2 amide bonds. The average Bonchev–Trinajstić information content (AvgIpc) is 3.55. The van der Waals surface area contributed by atoms with Crippen LogP contribution in [0.2, 0.25) is 0 Å². The number of carbonyl (C=O) groups is 1. The van der Waals surface area contributed by atoms with Gasteiger partial charge < -0.3 is 15.3 Å². The number of urea groups is 1. The summed E-state index contributed by atoms with van der Waals surface area (Å²) >= 11 is 1.62. The Bertz CT molecular complexity index is 1190. The highest BCUT2D eigenvalue weighted by Gasteiger charge is 2.55. The summed E-state index contributed by atoms with van der Waals surface area (Å²) in [6.45, 7) is 1.67. The van der Waals surface area contributed by atoms with Gasteiger partial charge in [-0.15, -0.1) is 11.3 Å². The van der Waals surface area contributed by atoms with E-state index in [4.69, 9.17) is 0 Å². The molecular weight excluding hydrogens is 448 g/mol. The quantitative estimate of drug-likeness (QED) is 0.583. The number of amides is 2. The van der Waals surface area contributed by atoms with Crippen LogP contribution < -0.4 is 10.9 Å². The van der Waals surface area contributed by atoms with Crippen molar-refractivity contribution in [1.82, 2.24) is 19.8 Å². The van der Waals surface area contributed by atoms with Gasteiger partial charge in [0, 0.05) is 35.0 Å². The molecule has 2 aromatic heterocycles. The number of hydrogen-bond acceptors (Lipinski definition) is 5. The summed E-state index contributed by atoms with van der Waals surface area (Å²) in [7, 11) is 0. The van der Waals surface area contributed by atoms with Gasteiger partial charge in [-0.2, -0.15) is 0 Å². The fourth-order valence-electron chi connectivity index (χ4n) is 5.55. The van der Waals surface area contributed by atoms with Crippen molar-refractivity contribution in [1.29, 1.82) is 0 Å². The predicted octanol–water partition coefficient (Wildman–Crippen LogP) is 3.88. The Hall–Kier alpha value is -2.97. The maximum atomic E-state index is 12.9. The first kappa shape index (κ1) is 22.8. The molecule has 8 heteroatoms. The van der Waals surface area contributed by atoms with E-state index in [0.717, 1.165) is 36.1 Å². The summed E-state index contributed by atoms with van der Waals surface area (Å²) in [5, 5.41) is 16.9. The van der Waals surface area contributed by atoms with Crippen LogP contribution in [0.1, 0.15) is 37.0 Å². The van der Waals surface area contributed by atoms with Crippen LogP contribution in [-0.2, 0) is 13.1 Å². The van der Waals surface area contributed by atoms with E-state index in [1.54, 1.807) is 17.7 Å². The minimum atomic E-state index is -1.06. The molecule has 0 unspecified atom stereocenters. The Kier molecular flexibility index (Phi) is 6.27. The first-order chi connectivity index (χ1) is 16.5. The van der Waals surface area contributed by atoms with Crippen molar-refractivity contribution in [2.24, 2.45) is 5.41 Å². The summed E-state index contributed by atoms with van der Waals surface area (Å²) in [4.78, 5) is 33.3. The molecule has 0 bridgehead atoms. The van der Waals surface area contributed by atoms with Gasteiger partial charge in [-0.05, 0) is 30.7 Å². The molecule has 2 N–H and O–H groups in total. The molecule has 1 atom stereocenters. The topological polar surface area (TPSA) is 87.5 Å². The number of likely N-dealkylation sites (tertiary alicyclic amines) is 1. The van der Waals surface area contributed by atoms with Crippen molar-refractivity contribution in [2.45, 2.75) is 50.8 Å². The van der Waals surface area contributed by atoms with Crippen LogP contribution in [0, 0.1) is 5.41 Å². The van der Waals surface area contributed by atoms with Crippen molar-refractivity contribution in [2.75, 3.05) is 13.1 Å². The molecule has 1 aliphatic heterocycles. The number of carbonyl (C=O) groups excluding carboxylic acids is 1. The lowest BCUT2D eigenvalue weighted by Gasteiger charge is -2.52. The Morgan fingerprint density at radius 2 is 1.91 bits per heavy atom. The number of nitrogens with one attached hydrogen (secondary N) is 1. The minimum Gasteiger partial charge on any atom is -0.387 e. The monoisotopic (exact) mass is 478 g/mol. The zero-order valence-corrected chi connectivity index (χ0v) is 20.0. The van der Waals surface area contributed by atoms with E-state index in [1.165, 1.54) is 10.6 Å². The highest BCUT2D eigenvalue weighted by Crippen LogP contribution is 2.51. The van der Waals surface area contributed by atoms with Gasteiger partial charge in [-0.3, -0.25) is 9.36 Å². The Labute approximate surface area is 203 Å². The number of piperidine rings is 1. The smallest absolute Gasteiger partial charge is 0.317 e. The van der Waals surface area contributed by atoms with E-state index in [0.29, 0.717) is 31.7 Å². The Morgan fingerprint density at radius 3 is 2.62 bits per heavy atom. The average molecular weight is 479 g/mol. The molecule has 3 aromatic rings.